The number of carbonyl (C=O) groups is 1. The molecule has 0 unspecified atom stereocenters. The van der Waals surface area contributed by atoms with Crippen molar-refractivity contribution in [1.29, 1.82) is 0 Å². The Bertz CT molecular complexity index is 675. The summed E-state index contributed by atoms with van der Waals surface area (Å²) < 4.78 is 1.96. The van der Waals surface area contributed by atoms with Crippen LogP contribution in [0.15, 0.2) is 24.3 Å². The fourth-order valence-corrected chi connectivity index (χ4v) is 2.58. The van der Waals surface area contributed by atoms with Gasteiger partial charge in [0.05, 0.1) is 11.4 Å². The number of nitrogens with two attached hydrogens (primary N) is 1. The average Bonchev–Trinajstić information content (AvgIpc) is 2.76. The van der Waals surface area contributed by atoms with Gasteiger partial charge in [0.15, 0.2) is 0 Å². The molecule has 1 aromatic heterocycles. The lowest BCUT2D eigenvalue weighted by Gasteiger charge is -2.17. The van der Waals surface area contributed by atoms with Gasteiger partial charge in [-0.15, -0.1) is 0 Å². The summed E-state index contributed by atoms with van der Waals surface area (Å²) in [5.74, 6) is 0.0601. The van der Waals surface area contributed by atoms with E-state index in [0.29, 0.717) is 19.5 Å². The zero-order valence-electron chi connectivity index (χ0n) is 13.8. The number of hydrogen-bond donors (Lipinski definition) is 1. The number of aromatic nitrogens is 2. The molecule has 0 saturated carbocycles. The van der Waals surface area contributed by atoms with Crippen LogP contribution >= 0.6 is 0 Å². The fourth-order valence-electron chi connectivity index (χ4n) is 2.58. The van der Waals surface area contributed by atoms with Crippen molar-refractivity contribution in [3.05, 3.63) is 46.8 Å². The van der Waals surface area contributed by atoms with E-state index in [4.69, 9.17) is 5.73 Å². The normalized spacial score (nSPS) is 10.8. The third-order valence-corrected chi connectivity index (χ3v) is 3.96. The Labute approximate surface area is 131 Å². The molecule has 0 atom stereocenters. The summed E-state index contributed by atoms with van der Waals surface area (Å²) in [4.78, 5) is 13.6. The molecule has 2 aromatic rings. The number of rotatable bonds is 5. The Balaban J connectivity index is 2.32. The molecule has 2 N–H and O–H groups in total. The number of carbonyl (C=O) groups excluding carboxylic acids is 1. The first-order valence-electron chi connectivity index (χ1n) is 7.50. The van der Waals surface area contributed by atoms with Crippen molar-refractivity contribution in [2.45, 2.75) is 33.7 Å². The lowest BCUT2D eigenvalue weighted by molar-refractivity contribution is -0.130. The molecule has 0 fully saturated rings. The molecule has 2 rings (SSSR count). The van der Waals surface area contributed by atoms with E-state index in [-0.39, 0.29) is 5.91 Å². The van der Waals surface area contributed by atoms with Gasteiger partial charge >= 0.3 is 0 Å². The summed E-state index contributed by atoms with van der Waals surface area (Å²) in [6.07, 6.45) is 0.376. The van der Waals surface area contributed by atoms with E-state index in [9.17, 15) is 4.79 Å². The van der Waals surface area contributed by atoms with Crippen LogP contribution in [0.4, 0.5) is 0 Å². The van der Waals surface area contributed by atoms with Crippen LogP contribution in [-0.4, -0.2) is 34.2 Å². The van der Waals surface area contributed by atoms with Crippen molar-refractivity contribution in [1.82, 2.24) is 14.7 Å². The fraction of sp³-hybridized carbons (Fsp3) is 0.412. The molecule has 0 radical (unpaired) electrons. The largest absolute Gasteiger partial charge is 0.341 e. The minimum Gasteiger partial charge on any atom is -0.341 e. The maximum atomic E-state index is 11.9. The topological polar surface area (TPSA) is 64.2 Å². The molecule has 1 heterocycles. The van der Waals surface area contributed by atoms with E-state index in [1.807, 2.05) is 37.7 Å². The monoisotopic (exact) mass is 300 g/mol. The van der Waals surface area contributed by atoms with Crippen molar-refractivity contribution >= 4 is 5.91 Å². The first kappa shape index (κ1) is 16.2. The molecule has 0 bridgehead atoms. The van der Waals surface area contributed by atoms with Crippen molar-refractivity contribution in [2.75, 3.05) is 13.6 Å². The van der Waals surface area contributed by atoms with Gasteiger partial charge in [-0.2, -0.15) is 5.10 Å². The van der Waals surface area contributed by atoms with Crippen molar-refractivity contribution in [3.8, 4) is 5.69 Å². The minimum atomic E-state index is 0.0601. The zero-order chi connectivity index (χ0) is 16.3. The van der Waals surface area contributed by atoms with Crippen LogP contribution in [0.5, 0.6) is 0 Å². The number of para-hydroxylation sites is 1. The van der Waals surface area contributed by atoms with Gasteiger partial charge in [-0.05, 0) is 32.4 Å². The molecule has 1 amide bonds. The average molecular weight is 300 g/mol. The minimum absolute atomic E-state index is 0.0601. The lowest BCUT2D eigenvalue weighted by Crippen LogP contribution is -2.28. The summed E-state index contributed by atoms with van der Waals surface area (Å²) >= 11 is 0. The lowest BCUT2D eigenvalue weighted by atomic mass is 10.1. The number of amides is 1. The van der Waals surface area contributed by atoms with E-state index in [1.54, 1.807) is 4.90 Å². The second-order valence-corrected chi connectivity index (χ2v) is 5.64. The Morgan fingerprint density at radius 3 is 2.59 bits per heavy atom. The highest BCUT2D eigenvalue weighted by molar-refractivity contribution is 5.76. The number of hydrogen-bond acceptors (Lipinski definition) is 3. The number of nitrogens with zero attached hydrogens (tertiary/aromatic N) is 3. The molecule has 0 spiro atoms. The molecular weight excluding hydrogens is 276 g/mol. The van der Waals surface area contributed by atoms with Gasteiger partial charge < -0.3 is 10.6 Å². The third-order valence-electron chi connectivity index (χ3n) is 3.96. The number of aryl methyl sites for hydroxylation is 2. The van der Waals surface area contributed by atoms with Crippen LogP contribution in [0.2, 0.25) is 0 Å². The second kappa shape index (κ2) is 6.75. The highest BCUT2D eigenvalue weighted by Crippen LogP contribution is 2.21. The quantitative estimate of drug-likeness (QED) is 0.919. The second-order valence-electron chi connectivity index (χ2n) is 5.64. The molecule has 5 nitrogen and oxygen atoms in total. The van der Waals surface area contributed by atoms with Gasteiger partial charge in [-0.3, -0.25) is 4.79 Å². The Morgan fingerprint density at radius 2 is 1.95 bits per heavy atom. The summed E-state index contributed by atoms with van der Waals surface area (Å²) in [5.41, 5.74) is 10.8. The van der Waals surface area contributed by atoms with Crippen molar-refractivity contribution in [3.63, 3.8) is 0 Å². The van der Waals surface area contributed by atoms with Crippen LogP contribution in [0, 0.1) is 20.8 Å². The van der Waals surface area contributed by atoms with Crippen molar-refractivity contribution in [2.24, 2.45) is 5.73 Å². The molecule has 118 valence electrons. The van der Waals surface area contributed by atoms with Gasteiger partial charge in [0, 0.05) is 37.8 Å². The van der Waals surface area contributed by atoms with E-state index in [2.05, 4.69) is 24.2 Å². The SMILES string of the molecule is Cc1ccccc1-n1nc(C)c(CN(C)C(=O)CCN)c1C. The predicted octanol–water partition coefficient (Wildman–Crippen LogP) is 2.10. The Kier molecular flexibility index (Phi) is 4.98. The van der Waals surface area contributed by atoms with Crippen LogP contribution in [-0.2, 0) is 11.3 Å². The maximum Gasteiger partial charge on any atom is 0.223 e. The summed E-state index contributed by atoms with van der Waals surface area (Å²) in [7, 11) is 1.81. The smallest absolute Gasteiger partial charge is 0.223 e. The van der Waals surface area contributed by atoms with Crippen molar-refractivity contribution < 1.29 is 4.79 Å². The first-order valence-corrected chi connectivity index (χ1v) is 7.50. The first-order chi connectivity index (χ1) is 10.5. The molecule has 0 aliphatic heterocycles. The van der Waals surface area contributed by atoms with Gasteiger partial charge in [-0.1, -0.05) is 18.2 Å². The highest BCUT2D eigenvalue weighted by Gasteiger charge is 2.17. The molecule has 0 aliphatic rings. The molecule has 22 heavy (non-hydrogen) atoms. The maximum absolute atomic E-state index is 11.9. The zero-order valence-corrected chi connectivity index (χ0v) is 13.8. The van der Waals surface area contributed by atoms with Gasteiger partial charge in [0.25, 0.3) is 0 Å². The Morgan fingerprint density at radius 1 is 1.27 bits per heavy atom. The predicted molar refractivity (Wildman–Crippen MR) is 87.9 cm³/mol. The van der Waals surface area contributed by atoms with Crippen LogP contribution in [0.25, 0.3) is 5.69 Å². The molecular formula is C17H24N4O. The summed E-state index contributed by atoms with van der Waals surface area (Å²) in [6.45, 7) is 7.04. The van der Waals surface area contributed by atoms with E-state index >= 15 is 0 Å². The molecule has 1 aromatic carbocycles. The summed E-state index contributed by atoms with van der Waals surface area (Å²) in [5, 5.41) is 4.65. The molecule has 0 aliphatic carbocycles. The van der Waals surface area contributed by atoms with E-state index in [1.165, 1.54) is 5.56 Å². The summed E-state index contributed by atoms with van der Waals surface area (Å²) in [6, 6.07) is 8.16. The van der Waals surface area contributed by atoms with Crippen LogP contribution in [0.1, 0.15) is 28.9 Å². The van der Waals surface area contributed by atoms with E-state index in [0.717, 1.165) is 22.6 Å². The molecule has 0 saturated heterocycles. The standard InChI is InChI=1S/C17H24N4O/c1-12-7-5-6-8-16(12)21-14(3)15(13(2)19-21)11-20(4)17(22)9-10-18/h5-8H,9-11,18H2,1-4H3. The van der Waals surface area contributed by atoms with Gasteiger partial charge in [0.2, 0.25) is 5.91 Å². The van der Waals surface area contributed by atoms with Gasteiger partial charge in [0.1, 0.15) is 0 Å². The number of benzene rings is 1. The van der Waals surface area contributed by atoms with Crippen LogP contribution in [0.3, 0.4) is 0 Å². The molecule has 5 heteroatoms. The van der Waals surface area contributed by atoms with E-state index < -0.39 is 0 Å². The van der Waals surface area contributed by atoms with Crippen LogP contribution < -0.4 is 5.73 Å². The Hall–Kier alpha value is -2.14. The third kappa shape index (κ3) is 3.20. The van der Waals surface area contributed by atoms with Gasteiger partial charge in [-0.25, -0.2) is 4.68 Å². The highest BCUT2D eigenvalue weighted by atomic mass is 16.2.